The van der Waals surface area contributed by atoms with E-state index < -0.39 is 11.6 Å². The zero-order chi connectivity index (χ0) is 25.0. The number of phenolic OH excluding ortho intramolecular Hbond substituents is 1. The van der Waals surface area contributed by atoms with Crippen molar-refractivity contribution in [2.45, 2.75) is 37.8 Å². The van der Waals surface area contributed by atoms with Gasteiger partial charge in [0.1, 0.15) is 17.0 Å². The van der Waals surface area contributed by atoms with Gasteiger partial charge in [0.05, 0.1) is 19.7 Å². The van der Waals surface area contributed by atoms with E-state index in [9.17, 15) is 14.7 Å². The molecule has 8 nitrogen and oxygen atoms in total. The van der Waals surface area contributed by atoms with Crippen molar-refractivity contribution < 1.29 is 19.4 Å². The highest BCUT2D eigenvalue weighted by atomic mass is 16.5. The quantitative estimate of drug-likeness (QED) is 0.557. The summed E-state index contributed by atoms with van der Waals surface area (Å²) in [6.07, 6.45) is 2.51. The molecule has 0 aliphatic carbocycles. The van der Waals surface area contributed by atoms with Gasteiger partial charge in [-0.2, -0.15) is 0 Å². The molecule has 0 saturated carbocycles. The van der Waals surface area contributed by atoms with E-state index in [1.807, 2.05) is 31.2 Å². The molecule has 2 aromatic carbocycles. The van der Waals surface area contributed by atoms with Gasteiger partial charge in [0.25, 0.3) is 0 Å². The summed E-state index contributed by atoms with van der Waals surface area (Å²) in [4.78, 5) is 37.2. The van der Waals surface area contributed by atoms with Crippen molar-refractivity contribution in [2.75, 3.05) is 39.8 Å². The zero-order valence-corrected chi connectivity index (χ0v) is 20.8. The number of phenols is 1. The van der Waals surface area contributed by atoms with E-state index in [1.165, 1.54) is 6.42 Å². The number of hydrogen-bond acceptors (Lipinski definition) is 5. The number of ether oxygens (including phenoxy) is 1. The second kappa shape index (κ2) is 8.55. The molecular weight excluding hydrogens is 456 g/mol. The maximum absolute atomic E-state index is 14.1. The Morgan fingerprint density at radius 2 is 1.97 bits per heavy atom. The molecular formula is C28H32N4O4. The Bertz CT molecular complexity index is 1350. The van der Waals surface area contributed by atoms with Crippen LogP contribution in [0.25, 0.3) is 10.9 Å². The van der Waals surface area contributed by atoms with Crippen molar-refractivity contribution in [2.24, 2.45) is 0 Å². The third-order valence-electron chi connectivity index (χ3n) is 8.11. The van der Waals surface area contributed by atoms with E-state index in [2.05, 4.69) is 9.88 Å². The number of carbonyl (C=O) groups excluding carboxylic acids is 2. The Kier molecular flexibility index (Phi) is 5.44. The van der Waals surface area contributed by atoms with Crippen LogP contribution < -0.4 is 4.74 Å². The fourth-order valence-corrected chi connectivity index (χ4v) is 6.17. The van der Waals surface area contributed by atoms with Crippen LogP contribution in [-0.4, -0.2) is 82.0 Å². The van der Waals surface area contributed by atoms with Crippen LogP contribution in [0.4, 0.5) is 0 Å². The van der Waals surface area contributed by atoms with Gasteiger partial charge in [0.15, 0.2) is 0 Å². The number of aromatic nitrogens is 1. The summed E-state index contributed by atoms with van der Waals surface area (Å²) in [6, 6.07) is 12.3. The van der Waals surface area contributed by atoms with Crippen molar-refractivity contribution in [1.29, 1.82) is 0 Å². The lowest BCUT2D eigenvalue weighted by Gasteiger charge is -2.53. The average molecular weight is 489 g/mol. The lowest BCUT2D eigenvalue weighted by Crippen LogP contribution is -2.70. The summed E-state index contributed by atoms with van der Waals surface area (Å²) in [5.74, 6) is 0.780. The summed E-state index contributed by atoms with van der Waals surface area (Å²) in [5, 5.41) is 11.3. The van der Waals surface area contributed by atoms with Gasteiger partial charge in [-0.25, -0.2) is 0 Å². The largest absolute Gasteiger partial charge is 0.508 e. The molecule has 6 rings (SSSR count). The number of nitrogens with one attached hydrogen (secondary N) is 1. The summed E-state index contributed by atoms with van der Waals surface area (Å²) in [7, 11) is 1.64. The number of rotatable bonds is 6. The van der Waals surface area contributed by atoms with E-state index in [4.69, 9.17) is 4.74 Å². The van der Waals surface area contributed by atoms with Crippen LogP contribution in [0.2, 0.25) is 0 Å². The second-order valence-electron chi connectivity index (χ2n) is 10.4. The van der Waals surface area contributed by atoms with Crippen LogP contribution in [-0.2, 0) is 16.0 Å². The van der Waals surface area contributed by atoms with Crippen LogP contribution in [0.3, 0.4) is 0 Å². The highest BCUT2D eigenvalue weighted by Gasteiger charge is 2.55. The van der Waals surface area contributed by atoms with Crippen molar-refractivity contribution in [3.05, 3.63) is 59.3 Å². The summed E-state index contributed by atoms with van der Waals surface area (Å²) in [6.45, 7) is 5.75. The standard InChI is InChI=1S/C28H32N4O4/c1-28-16-22-21-15-20(36-2)8-9-23(21)29-25(22)26(18-6-3-7-19(33)14-18)32(28)24(34)17-31(27(28)35)13-5-12-30-10-4-11-30/h3,6-9,14-15,26,29,33H,4-5,10-13,16-17H2,1-2H3/t26-,28+/m1/s1. The van der Waals surface area contributed by atoms with Gasteiger partial charge in [-0.05, 0) is 80.9 Å². The Morgan fingerprint density at radius 3 is 2.69 bits per heavy atom. The molecule has 3 aliphatic rings. The second-order valence-corrected chi connectivity index (χ2v) is 10.4. The first-order valence-electron chi connectivity index (χ1n) is 12.7. The van der Waals surface area contributed by atoms with Gasteiger partial charge < -0.3 is 29.5 Å². The molecule has 0 spiro atoms. The predicted molar refractivity (Wildman–Crippen MR) is 136 cm³/mol. The molecule has 3 aliphatic heterocycles. The monoisotopic (exact) mass is 488 g/mol. The number of methoxy groups -OCH3 is 1. The zero-order valence-electron chi connectivity index (χ0n) is 20.8. The van der Waals surface area contributed by atoms with Gasteiger partial charge in [-0.1, -0.05) is 12.1 Å². The first kappa shape index (κ1) is 22.9. The number of nitrogens with zero attached hydrogens (tertiary/aromatic N) is 3. The topological polar surface area (TPSA) is 89.1 Å². The molecule has 8 heteroatoms. The Labute approximate surface area is 210 Å². The third-order valence-corrected chi connectivity index (χ3v) is 8.11. The van der Waals surface area contributed by atoms with Crippen molar-refractivity contribution in [1.82, 2.24) is 19.7 Å². The molecule has 4 heterocycles. The first-order valence-corrected chi connectivity index (χ1v) is 12.7. The molecule has 3 aromatic rings. The molecule has 2 atom stereocenters. The number of likely N-dealkylation sites (tertiary alicyclic amines) is 1. The SMILES string of the molecule is COc1ccc2[nH]c3c(c2c1)C[C@@]1(C)C(=O)N(CCCN2CCC2)CC(=O)N1[C@@H]3c1cccc(O)c1. The fourth-order valence-electron chi connectivity index (χ4n) is 6.17. The summed E-state index contributed by atoms with van der Waals surface area (Å²) < 4.78 is 5.48. The van der Waals surface area contributed by atoms with Crippen LogP contribution in [0, 0.1) is 0 Å². The van der Waals surface area contributed by atoms with Gasteiger partial charge >= 0.3 is 0 Å². The third kappa shape index (κ3) is 3.54. The number of hydrogen-bond donors (Lipinski definition) is 2. The fraction of sp³-hybridized carbons (Fsp3) is 0.429. The molecule has 36 heavy (non-hydrogen) atoms. The molecule has 2 saturated heterocycles. The van der Waals surface area contributed by atoms with E-state index in [0.29, 0.717) is 13.0 Å². The predicted octanol–water partition coefficient (Wildman–Crippen LogP) is 3.05. The van der Waals surface area contributed by atoms with Crippen molar-refractivity contribution in [3.8, 4) is 11.5 Å². The highest BCUT2D eigenvalue weighted by molar-refractivity contribution is 6.00. The molecule has 2 fully saturated rings. The number of piperazine rings is 1. The maximum atomic E-state index is 14.1. The minimum absolute atomic E-state index is 0.0150. The van der Waals surface area contributed by atoms with Crippen LogP contribution in [0.5, 0.6) is 11.5 Å². The van der Waals surface area contributed by atoms with Gasteiger partial charge in [-0.15, -0.1) is 0 Å². The van der Waals surface area contributed by atoms with Crippen LogP contribution in [0.1, 0.15) is 42.6 Å². The minimum Gasteiger partial charge on any atom is -0.508 e. The van der Waals surface area contributed by atoms with Crippen molar-refractivity contribution in [3.63, 3.8) is 0 Å². The molecule has 0 radical (unpaired) electrons. The van der Waals surface area contributed by atoms with Crippen molar-refractivity contribution >= 4 is 22.7 Å². The normalized spacial score (nSPS) is 24.0. The van der Waals surface area contributed by atoms with Gasteiger partial charge in [-0.3, -0.25) is 9.59 Å². The lowest BCUT2D eigenvalue weighted by atomic mass is 9.78. The Morgan fingerprint density at radius 1 is 1.14 bits per heavy atom. The smallest absolute Gasteiger partial charge is 0.249 e. The highest BCUT2D eigenvalue weighted by Crippen LogP contribution is 2.47. The van der Waals surface area contributed by atoms with Gasteiger partial charge in [0, 0.05) is 29.6 Å². The summed E-state index contributed by atoms with van der Waals surface area (Å²) in [5.41, 5.74) is 2.56. The number of H-pyrrole nitrogens is 1. The molecule has 0 bridgehead atoms. The molecule has 2 N–H and O–H groups in total. The molecule has 0 unspecified atom stereocenters. The molecule has 2 amide bonds. The number of aromatic amines is 1. The Balaban J connectivity index is 1.44. The Hall–Kier alpha value is -3.52. The van der Waals surface area contributed by atoms with Crippen LogP contribution in [0.15, 0.2) is 42.5 Å². The lowest BCUT2D eigenvalue weighted by molar-refractivity contribution is -0.167. The first-order chi connectivity index (χ1) is 17.4. The number of fused-ring (bicyclic) bond motifs is 4. The van der Waals surface area contributed by atoms with E-state index in [0.717, 1.165) is 59.5 Å². The maximum Gasteiger partial charge on any atom is 0.249 e. The van der Waals surface area contributed by atoms with Gasteiger partial charge in [0.2, 0.25) is 11.8 Å². The minimum atomic E-state index is -1.03. The average Bonchev–Trinajstić information content (AvgIpc) is 3.19. The number of carbonyl (C=O) groups is 2. The number of amides is 2. The van der Waals surface area contributed by atoms with E-state index in [1.54, 1.807) is 35.1 Å². The molecule has 188 valence electrons. The van der Waals surface area contributed by atoms with E-state index in [-0.39, 0.29) is 24.1 Å². The van der Waals surface area contributed by atoms with E-state index >= 15 is 0 Å². The summed E-state index contributed by atoms with van der Waals surface area (Å²) >= 11 is 0. The molecule has 1 aromatic heterocycles. The number of benzene rings is 2. The number of aromatic hydroxyl groups is 1. The van der Waals surface area contributed by atoms with Crippen LogP contribution >= 0.6 is 0 Å².